The number of hydrazine groups is 1. The molecule has 1 saturated heterocycles. The van der Waals surface area contributed by atoms with Crippen molar-refractivity contribution < 1.29 is 9.59 Å². The number of carbonyl (C=O) groups excluding carboxylic acids is 2. The molecule has 0 atom stereocenters. The first kappa shape index (κ1) is 19.6. The van der Waals surface area contributed by atoms with Gasteiger partial charge < -0.3 is 5.32 Å². The number of aryl methyl sites for hydroxylation is 2. The highest BCUT2D eigenvalue weighted by Gasteiger charge is 2.18. The third-order valence-corrected chi connectivity index (χ3v) is 7.31. The highest BCUT2D eigenvalue weighted by atomic mass is 32.2. The zero-order chi connectivity index (χ0) is 19.2. The molecule has 3 rings (SSSR count). The van der Waals surface area contributed by atoms with E-state index in [2.05, 4.69) is 16.2 Å². The molecule has 27 heavy (non-hydrogen) atoms. The van der Waals surface area contributed by atoms with Crippen LogP contribution in [0.1, 0.15) is 31.6 Å². The summed E-state index contributed by atoms with van der Waals surface area (Å²) in [6.45, 7) is 4.09. The largest absolute Gasteiger partial charge is 0.376 e. The van der Waals surface area contributed by atoms with E-state index in [4.69, 9.17) is 0 Å². The van der Waals surface area contributed by atoms with Crippen LogP contribution in [-0.4, -0.2) is 29.9 Å². The predicted octanol–water partition coefficient (Wildman–Crippen LogP) is 3.66. The predicted molar refractivity (Wildman–Crippen MR) is 114 cm³/mol. The summed E-state index contributed by atoms with van der Waals surface area (Å²) >= 11 is 3.86. The van der Waals surface area contributed by atoms with Crippen LogP contribution in [0.5, 0.6) is 0 Å². The first-order chi connectivity index (χ1) is 13.0. The zero-order valence-electron chi connectivity index (χ0n) is 15.4. The lowest BCUT2D eigenvalue weighted by Crippen LogP contribution is -2.44. The van der Waals surface area contributed by atoms with Gasteiger partial charge in [-0.15, -0.1) is 23.5 Å². The summed E-state index contributed by atoms with van der Waals surface area (Å²) in [5.41, 5.74) is 9.80. The Kier molecular flexibility index (Phi) is 6.68. The van der Waals surface area contributed by atoms with Gasteiger partial charge in [-0.1, -0.05) is 29.8 Å². The summed E-state index contributed by atoms with van der Waals surface area (Å²) in [7, 11) is 0. The van der Waals surface area contributed by atoms with Gasteiger partial charge in [0.15, 0.2) is 0 Å². The van der Waals surface area contributed by atoms with Gasteiger partial charge in [-0.2, -0.15) is 0 Å². The van der Waals surface area contributed by atoms with E-state index in [0.29, 0.717) is 10.1 Å². The third-order valence-electron chi connectivity index (χ3n) is 4.20. The summed E-state index contributed by atoms with van der Waals surface area (Å²) in [4.78, 5) is 24.2. The van der Waals surface area contributed by atoms with E-state index in [0.717, 1.165) is 11.3 Å². The number of amides is 2. The topological polar surface area (TPSA) is 70.2 Å². The normalized spacial score (nSPS) is 14.0. The minimum Gasteiger partial charge on any atom is -0.376 e. The minimum atomic E-state index is -0.326. The van der Waals surface area contributed by atoms with Crippen molar-refractivity contribution in [2.24, 2.45) is 0 Å². The molecule has 2 aromatic carbocycles. The molecule has 2 amide bonds. The summed E-state index contributed by atoms with van der Waals surface area (Å²) < 4.78 is 0.457. The van der Waals surface area contributed by atoms with Crippen LogP contribution in [-0.2, 0) is 4.79 Å². The Hall–Kier alpha value is -2.12. The van der Waals surface area contributed by atoms with Crippen molar-refractivity contribution in [3.63, 3.8) is 0 Å². The molecule has 7 heteroatoms. The summed E-state index contributed by atoms with van der Waals surface area (Å²) in [5, 5.41) is 3.07. The van der Waals surface area contributed by atoms with Gasteiger partial charge in [-0.25, -0.2) is 0 Å². The van der Waals surface area contributed by atoms with Gasteiger partial charge in [0.1, 0.15) is 0 Å². The summed E-state index contributed by atoms with van der Waals surface area (Å²) in [6.07, 6.45) is 0. The second kappa shape index (κ2) is 9.19. The Morgan fingerprint density at radius 1 is 1.00 bits per heavy atom. The molecular formula is C20H23N3O2S2. The summed E-state index contributed by atoms with van der Waals surface area (Å²) in [6, 6.07) is 13.5. The maximum atomic E-state index is 12.2. The lowest BCUT2D eigenvalue weighted by atomic mass is 10.1. The average molecular weight is 402 g/mol. The molecule has 3 N–H and O–H groups in total. The molecule has 1 aliphatic rings. The van der Waals surface area contributed by atoms with Gasteiger partial charge in [0.25, 0.3) is 11.8 Å². The highest BCUT2D eigenvalue weighted by molar-refractivity contribution is 8.19. The van der Waals surface area contributed by atoms with Crippen LogP contribution in [0.25, 0.3) is 0 Å². The second-order valence-corrected chi connectivity index (χ2v) is 9.09. The number of hydrogen-bond donors (Lipinski definition) is 3. The molecule has 1 aliphatic heterocycles. The van der Waals surface area contributed by atoms with E-state index in [9.17, 15) is 9.59 Å². The third kappa shape index (κ3) is 5.43. The van der Waals surface area contributed by atoms with Gasteiger partial charge in [0.2, 0.25) is 0 Å². The van der Waals surface area contributed by atoms with Crippen LogP contribution in [0, 0.1) is 13.8 Å². The van der Waals surface area contributed by atoms with Crippen LogP contribution in [0.15, 0.2) is 42.5 Å². The molecule has 0 spiro atoms. The molecule has 5 nitrogen and oxygen atoms in total. The Morgan fingerprint density at radius 2 is 1.70 bits per heavy atom. The zero-order valence-corrected chi connectivity index (χ0v) is 17.0. The van der Waals surface area contributed by atoms with Gasteiger partial charge in [0.05, 0.1) is 11.1 Å². The molecule has 0 aromatic heterocycles. The van der Waals surface area contributed by atoms with Crippen molar-refractivity contribution in [3.05, 3.63) is 64.7 Å². The number of thioether (sulfide) groups is 2. The number of carbonyl (C=O) groups is 2. The average Bonchev–Trinajstić information content (AvgIpc) is 3.20. The molecule has 1 heterocycles. The number of benzene rings is 2. The van der Waals surface area contributed by atoms with Gasteiger partial charge >= 0.3 is 0 Å². The summed E-state index contributed by atoms with van der Waals surface area (Å²) in [5.74, 6) is 1.70. The molecule has 0 unspecified atom stereocenters. The Morgan fingerprint density at radius 3 is 2.37 bits per heavy atom. The molecule has 2 aromatic rings. The number of nitrogens with one attached hydrogen (secondary N) is 3. The van der Waals surface area contributed by atoms with Crippen molar-refractivity contribution in [2.75, 3.05) is 23.4 Å². The lowest BCUT2D eigenvalue weighted by Gasteiger charge is -2.12. The Labute approximate surface area is 168 Å². The fraction of sp³-hybridized carbons (Fsp3) is 0.300. The van der Waals surface area contributed by atoms with Crippen LogP contribution in [0.4, 0.5) is 5.69 Å². The SMILES string of the molecule is Cc1ccc(NCC(=O)NNC(=O)c2ccc(C3SCCS3)cc2)c(C)c1. The molecule has 1 fully saturated rings. The van der Waals surface area contributed by atoms with Crippen molar-refractivity contribution in [3.8, 4) is 0 Å². The standard InChI is InChI=1S/C20H23N3O2S2/c1-13-3-8-17(14(2)11-13)21-12-18(24)22-23-19(25)15-4-6-16(7-5-15)20-26-9-10-27-20/h3-8,11,20-21H,9-10,12H2,1-2H3,(H,22,24)(H,23,25). The second-order valence-electron chi connectivity index (χ2n) is 6.37. The maximum Gasteiger partial charge on any atom is 0.269 e. The molecule has 142 valence electrons. The molecule has 0 saturated carbocycles. The van der Waals surface area contributed by atoms with E-state index in [1.54, 1.807) is 12.1 Å². The fourth-order valence-corrected chi connectivity index (χ4v) is 5.63. The van der Waals surface area contributed by atoms with E-state index in [1.807, 2.05) is 67.7 Å². The van der Waals surface area contributed by atoms with Gasteiger partial charge in [-0.3, -0.25) is 20.4 Å². The number of anilines is 1. The maximum absolute atomic E-state index is 12.2. The van der Waals surface area contributed by atoms with E-state index in [-0.39, 0.29) is 18.4 Å². The fourth-order valence-electron chi connectivity index (χ4n) is 2.77. The van der Waals surface area contributed by atoms with Gasteiger partial charge in [-0.05, 0) is 43.2 Å². The van der Waals surface area contributed by atoms with Crippen LogP contribution < -0.4 is 16.2 Å². The van der Waals surface area contributed by atoms with E-state index in [1.165, 1.54) is 22.6 Å². The van der Waals surface area contributed by atoms with Crippen LogP contribution in [0.2, 0.25) is 0 Å². The first-order valence-electron chi connectivity index (χ1n) is 8.76. The minimum absolute atomic E-state index is 0.0826. The molecule has 0 radical (unpaired) electrons. The Bertz CT molecular complexity index is 818. The van der Waals surface area contributed by atoms with E-state index >= 15 is 0 Å². The molecule has 0 bridgehead atoms. The lowest BCUT2D eigenvalue weighted by molar-refractivity contribution is -0.120. The van der Waals surface area contributed by atoms with Crippen molar-refractivity contribution in [1.29, 1.82) is 0 Å². The first-order valence-corrected chi connectivity index (χ1v) is 10.9. The molecular weight excluding hydrogens is 378 g/mol. The Balaban J connectivity index is 1.46. The number of hydrogen-bond acceptors (Lipinski definition) is 5. The number of rotatable bonds is 5. The van der Waals surface area contributed by atoms with Gasteiger partial charge in [0, 0.05) is 22.8 Å². The quantitative estimate of drug-likeness (QED) is 0.667. The molecule has 0 aliphatic carbocycles. The smallest absolute Gasteiger partial charge is 0.269 e. The van der Waals surface area contributed by atoms with Crippen molar-refractivity contribution >= 4 is 41.0 Å². The van der Waals surface area contributed by atoms with Crippen LogP contribution in [0.3, 0.4) is 0 Å². The van der Waals surface area contributed by atoms with Crippen LogP contribution >= 0.6 is 23.5 Å². The van der Waals surface area contributed by atoms with E-state index < -0.39 is 0 Å². The highest BCUT2D eigenvalue weighted by Crippen LogP contribution is 2.45. The van der Waals surface area contributed by atoms with Crippen molar-refractivity contribution in [2.45, 2.75) is 18.4 Å². The van der Waals surface area contributed by atoms with Crippen molar-refractivity contribution in [1.82, 2.24) is 10.9 Å². The monoisotopic (exact) mass is 401 g/mol.